The van der Waals surface area contributed by atoms with E-state index in [1.54, 1.807) is 0 Å². The summed E-state index contributed by atoms with van der Waals surface area (Å²) in [4.78, 5) is 41.2. The second kappa shape index (κ2) is 38.4. The summed E-state index contributed by atoms with van der Waals surface area (Å²) >= 11 is 18.3. The summed E-state index contributed by atoms with van der Waals surface area (Å²) < 4.78 is 0. The quantitative estimate of drug-likeness (QED) is 0.170. The zero-order valence-corrected chi connectivity index (χ0v) is 24.3. The van der Waals surface area contributed by atoms with E-state index in [1.165, 1.54) is 24.3 Å². The van der Waals surface area contributed by atoms with Crippen LogP contribution in [0.4, 0.5) is 0 Å². The van der Waals surface area contributed by atoms with Crippen molar-refractivity contribution in [1.82, 2.24) is 21.3 Å². The summed E-state index contributed by atoms with van der Waals surface area (Å²) in [6, 6.07) is 0. The van der Waals surface area contributed by atoms with E-state index >= 15 is 0 Å². The Balaban J connectivity index is -0.000000105. The van der Waals surface area contributed by atoms with E-state index in [4.69, 9.17) is 0 Å². The molecule has 33 heavy (non-hydrogen) atoms. The Morgan fingerprint density at radius 2 is 0.636 bits per heavy atom. The molecule has 0 rings (SSSR count). The number of carbonyl (C=O) groups excluding carboxylic acids is 4. The molecule has 0 bridgehead atoms. The van der Waals surface area contributed by atoms with Crippen molar-refractivity contribution in [3.63, 3.8) is 0 Å². The standard InChI is InChI=1S/4C5H9NOS.Zr/c4*1-2-5(7)6-3-4-8;/h4*2,8H,1,3-4H2,(H,6,7);/q;;;;+4/p-4. The Morgan fingerprint density at radius 3 is 0.727 bits per heavy atom. The number of carbonyl (C=O) groups is 4. The Labute approximate surface area is 239 Å². The van der Waals surface area contributed by atoms with Crippen LogP contribution in [-0.4, -0.2) is 72.8 Å². The molecule has 0 spiro atoms. The third-order valence-corrected chi connectivity index (χ3v) is 3.16. The maximum atomic E-state index is 10.3. The predicted molar refractivity (Wildman–Crippen MR) is 142 cm³/mol. The topological polar surface area (TPSA) is 116 Å². The summed E-state index contributed by atoms with van der Waals surface area (Å²) in [6.45, 7) is 15.3. The van der Waals surface area contributed by atoms with Crippen molar-refractivity contribution in [1.29, 1.82) is 0 Å². The van der Waals surface area contributed by atoms with Crippen LogP contribution in [0.25, 0.3) is 0 Å². The van der Waals surface area contributed by atoms with Crippen LogP contribution in [0.3, 0.4) is 0 Å². The molecule has 0 radical (unpaired) electrons. The van der Waals surface area contributed by atoms with Crippen LogP contribution in [0, 0.1) is 0 Å². The zero-order chi connectivity index (χ0) is 25.6. The van der Waals surface area contributed by atoms with Gasteiger partial charge in [0.2, 0.25) is 23.6 Å². The number of rotatable bonds is 12. The van der Waals surface area contributed by atoms with Gasteiger partial charge in [-0.3, -0.25) is 19.2 Å². The molecular formula is C20H32N4O4S4Zr. The van der Waals surface area contributed by atoms with Gasteiger partial charge in [0, 0.05) is 0 Å². The average Bonchev–Trinajstić information content (AvgIpc) is 2.83. The van der Waals surface area contributed by atoms with Gasteiger partial charge in [-0.25, -0.2) is 0 Å². The minimum atomic E-state index is -0.158. The summed E-state index contributed by atoms with van der Waals surface area (Å²) in [5.74, 6) is 1.59. The van der Waals surface area contributed by atoms with Crippen molar-refractivity contribution < 1.29 is 45.4 Å². The Hall–Kier alpha value is -0.877. The molecule has 0 aliphatic carbocycles. The van der Waals surface area contributed by atoms with Crippen molar-refractivity contribution in [3.05, 3.63) is 50.6 Å². The molecule has 0 aromatic rings. The van der Waals surface area contributed by atoms with E-state index in [0.29, 0.717) is 49.2 Å². The number of nitrogens with one attached hydrogen (secondary N) is 4. The van der Waals surface area contributed by atoms with E-state index in [9.17, 15) is 19.2 Å². The fourth-order valence-electron chi connectivity index (χ4n) is 0.986. The summed E-state index contributed by atoms with van der Waals surface area (Å²) in [5, 5.41) is 10.1. The largest absolute Gasteiger partial charge is 4.00 e. The Bertz CT molecular complexity index is 472. The zero-order valence-electron chi connectivity index (χ0n) is 18.6. The van der Waals surface area contributed by atoms with Crippen molar-refractivity contribution in [2.45, 2.75) is 0 Å². The third-order valence-electron chi connectivity index (χ3n) is 2.35. The van der Waals surface area contributed by atoms with Crippen LogP contribution < -0.4 is 21.3 Å². The fourth-order valence-corrected chi connectivity index (χ4v) is 1.39. The van der Waals surface area contributed by atoms with Crippen molar-refractivity contribution in [3.8, 4) is 0 Å². The number of hydrogen-bond donors (Lipinski definition) is 4. The van der Waals surface area contributed by atoms with Crippen LogP contribution in [-0.2, 0) is 95.9 Å². The molecule has 0 heterocycles. The predicted octanol–water partition coefficient (Wildman–Crippen LogP) is -0.660. The second-order valence-corrected chi connectivity index (χ2v) is 6.43. The van der Waals surface area contributed by atoms with Gasteiger partial charge < -0.3 is 71.8 Å². The van der Waals surface area contributed by atoms with Crippen LogP contribution in [0.2, 0.25) is 0 Å². The summed E-state index contributed by atoms with van der Waals surface area (Å²) in [7, 11) is 0. The SMILES string of the molecule is C=CC(=O)NCC[S-].C=CC(=O)NCC[S-].C=CC(=O)NCC[S-].C=CC(=O)NCC[S-].[Zr+4]. The second-order valence-electron chi connectivity index (χ2n) is 4.80. The normalized spacial score (nSPS) is 7.88. The van der Waals surface area contributed by atoms with Crippen LogP contribution in [0.1, 0.15) is 0 Å². The Morgan fingerprint density at radius 1 is 0.485 bits per heavy atom. The van der Waals surface area contributed by atoms with Gasteiger partial charge in [-0.15, -0.1) is 0 Å². The first-order valence-corrected chi connectivity index (χ1v) is 11.5. The van der Waals surface area contributed by atoms with Crippen molar-refractivity contribution in [2.24, 2.45) is 0 Å². The smallest absolute Gasteiger partial charge is 0.791 e. The van der Waals surface area contributed by atoms with Gasteiger partial charge >= 0.3 is 26.2 Å². The first-order chi connectivity index (χ1) is 15.2. The molecule has 0 atom stereocenters. The van der Waals surface area contributed by atoms with Crippen molar-refractivity contribution >= 4 is 74.1 Å². The molecular weight excluding hydrogens is 580 g/mol. The van der Waals surface area contributed by atoms with Crippen LogP contribution in [0.15, 0.2) is 50.6 Å². The molecule has 0 saturated heterocycles. The number of amides is 4. The molecule has 0 aromatic heterocycles. The van der Waals surface area contributed by atoms with Gasteiger partial charge in [-0.1, -0.05) is 26.3 Å². The molecule has 0 aliphatic rings. The van der Waals surface area contributed by atoms with Crippen molar-refractivity contribution in [2.75, 3.05) is 49.2 Å². The molecule has 0 fully saturated rings. The van der Waals surface area contributed by atoms with Gasteiger partial charge in [0.05, 0.1) is 0 Å². The molecule has 0 aromatic carbocycles. The monoisotopic (exact) mass is 610 g/mol. The molecule has 4 N–H and O–H groups in total. The molecule has 4 amide bonds. The average molecular weight is 612 g/mol. The van der Waals surface area contributed by atoms with E-state index in [1.807, 2.05) is 0 Å². The Kier molecular flexibility index (Phi) is 49.2. The van der Waals surface area contributed by atoms with Gasteiger partial charge in [-0.2, -0.15) is 23.0 Å². The molecule has 0 saturated carbocycles. The van der Waals surface area contributed by atoms with E-state index in [0.717, 1.165) is 0 Å². The molecule has 0 aliphatic heterocycles. The van der Waals surface area contributed by atoms with E-state index in [2.05, 4.69) is 98.1 Å². The minimum absolute atomic E-state index is 0. The summed E-state index contributed by atoms with van der Waals surface area (Å²) in [6.07, 6.45) is 4.91. The molecule has 13 heteroatoms. The minimum Gasteiger partial charge on any atom is -0.791 e. The first kappa shape index (κ1) is 42.3. The maximum Gasteiger partial charge on any atom is 4.00 e. The van der Waals surface area contributed by atoms with Gasteiger partial charge in [0.1, 0.15) is 0 Å². The molecule has 8 nitrogen and oxygen atoms in total. The molecule has 0 unspecified atom stereocenters. The van der Waals surface area contributed by atoms with Gasteiger partial charge in [0.25, 0.3) is 0 Å². The summed E-state index contributed by atoms with van der Waals surface area (Å²) in [5.41, 5.74) is 0. The maximum absolute atomic E-state index is 10.3. The third kappa shape index (κ3) is 49.4. The van der Waals surface area contributed by atoms with Crippen LogP contribution >= 0.6 is 0 Å². The first-order valence-electron chi connectivity index (χ1n) is 9.17. The number of hydrogen-bond acceptors (Lipinski definition) is 8. The van der Waals surface area contributed by atoms with E-state index in [-0.39, 0.29) is 49.8 Å². The van der Waals surface area contributed by atoms with E-state index < -0.39 is 0 Å². The fraction of sp³-hybridized carbons (Fsp3) is 0.400. The molecule has 184 valence electrons. The van der Waals surface area contributed by atoms with Gasteiger partial charge in [-0.05, 0) is 50.5 Å². The van der Waals surface area contributed by atoms with Gasteiger partial charge in [0.15, 0.2) is 0 Å². The van der Waals surface area contributed by atoms with Crippen LogP contribution in [0.5, 0.6) is 0 Å².